The molecule has 1 aromatic heterocycles. The SMILES string of the molecule is OCc1cnn(Cc2cccc(Cl)c2Cl)c1. The molecule has 16 heavy (non-hydrogen) atoms. The molecule has 0 aliphatic rings. The number of aliphatic hydroxyl groups is 1. The van der Waals surface area contributed by atoms with Gasteiger partial charge in [0, 0.05) is 11.8 Å². The van der Waals surface area contributed by atoms with E-state index >= 15 is 0 Å². The lowest BCUT2D eigenvalue weighted by Crippen LogP contribution is -2.00. The highest BCUT2D eigenvalue weighted by Crippen LogP contribution is 2.25. The maximum Gasteiger partial charge on any atom is 0.0712 e. The molecule has 1 heterocycles. The monoisotopic (exact) mass is 256 g/mol. The lowest BCUT2D eigenvalue weighted by Gasteiger charge is -2.05. The molecule has 0 aliphatic carbocycles. The maximum absolute atomic E-state index is 8.92. The van der Waals surface area contributed by atoms with Gasteiger partial charge in [-0.05, 0) is 11.6 Å². The van der Waals surface area contributed by atoms with Crippen molar-refractivity contribution in [3.8, 4) is 0 Å². The highest BCUT2D eigenvalue weighted by molar-refractivity contribution is 6.42. The highest BCUT2D eigenvalue weighted by atomic mass is 35.5. The Morgan fingerprint density at radius 2 is 2.12 bits per heavy atom. The molecule has 84 valence electrons. The van der Waals surface area contributed by atoms with Gasteiger partial charge in [0.05, 0.1) is 29.4 Å². The van der Waals surface area contributed by atoms with Gasteiger partial charge >= 0.3 is 0 Å². The van der Waals surface area contributed by atoms with Gasteiger partial charge in [-0.3, -0.25) is 4.68 Å². The number of nitrogens with zero attached hydrogens (tertiary/aromatic N) is 2. The largest absolute Gasteiger partial charge is 0.392 e. The van der Waals surface area contributed by atoms with Crippen molar-refractivity contribution in [2.45, 2.75) is 13.2 Å². The smallest absolute Gasteiger partial charge is 0.0712 e. The summed E-state index contributed by atoms with van der Waals surface area (Å²) >= 11 is 12.0. The van der Waals surface area contributed by atoms with Gasteiger partial charge in [0.15, 0.2) is 0 Å². The van der Waals surface area contributed by atoms with E-state index < -0.39 is 0 Å². The molecule has 0 atom stereocenters. The molecule has 3 nitrogen and oxygen atoms in total. The van der Waals surface area contributed by atoms with E-state index in [-0.39, 0.29) is 6.61 Å². The zero-order valence-corrected chi connectivity index (χ0v) is 9.91. The highest BCUT2D eigenvalue weighted by Gasteiger charge is 2.05. The molecule has 0 unspecified atom stereocenters. The third kappa shape index (κ3) is 2.38. The zero-order valence-electron chi connectivity index (χ0n) is 8.40. The number of rotatable bonds is 3. The summed E-state index contributed by atoms with van der Waals surface area (Å²) in [5, 5.41) is 14.1. The Morgan fingerprint density at radius 1 is 1.31 bits per heavy atom. The summed E-state index contributed by atoms with van der Waals surface area (Å²) in [4.78, 5) is 0. The third-order valence-electron chi connectivity index (χ3n) is 2.23. The Bertz CT molecular complexity index is 496. The average molecular weight is 257 g/mol. The summed E-state index contributed by atoms with van der Waals surface area (Å²) in [6.45, 7) is 0.530. The molecule has 0 amide bonds. The summed E-state index contributed by atoms with van der Waals surface area (Å²) in [7, 11) is 0. The van der Waals surface area contributed by atoms with Gasteiger partial charge < -0.3 is 5.11 Å². The second kappa shape index (κ2) is 4.87. The van der Waals surface area contributed by atoms with Crippen molar-refractivity contribution in [1.82, 2.24) is 9.78 Å². The molecule has 0 spiro atoms. The molecule has 5 heteroatoms. The van der Waals surface area contributed by atoms with E-state index in [0.29, 0.717) is 16.6 Å². The summed E-state index contributed by atoms with van der Waals surface area (Å²) in [5.74, 6) is 0. The van der Waals surface area contributed by atoms with Crippen molar-refractivity contribution in [3.05, 3.63) is 51.8 Å². The van der Waals surface area contributed by atoms with Crippen LogP contribution in [-0.4, -0.2) is 14.9 Å². The third-order valence-corrected chi connectivity index (χ3v) is 3.09. The van der Waals surface area contributed by atoms with E-state index in [1.807, 2.05) is 12.1 Å². The summed E-state index contributed by atoms with van der Waals surface area (Å²) < 4.78 is 1.71. The predicted molar refractivity (Wildman–Crippen MR) is 63.7 cm³/mol. The summed E-state index contributed by atoms with van der Waals surface area (Å²) in [6, 6.07) is 5.49. The average Bonchev–Trinajstić information content (AvgIpc) is 2.73. The van der Waals surface area contributed by atoms with E-state index in [1.165, 1.54) is 0 Å². The van der Waals surface area contributed by atoms with Gasteiger partial charge in [0.25, 0.3) is 0 Å². The van der Waals surface area contributed by atoms with Crippen LogP contribution in [-0.2, 0) is 13.2 Å². The first-order valence-corrected chi connectivity index (χ1v) is 5.51. The van der Waals surface area contributed by atoms with Crippen LogP contribution in [0.25, 0.3) is 0 Å². The minimum atomic E-state index is -0.0106. The van der Waals surface area contributed by atoms with Crippen LogP contribution >= 0.6 is 23.2 Å². The van der Waals surface area contributed by atoms with Gasteiger partial charge in [-0.15, -0.1) is 0 Å². The van der Waals surface area contributed by atoms with E-state index in [4.69, 9.17) is 28.3 Å². The van der Waals surface area contributed by atoms with Crippen LogP contribution in [0.5, 0.6) is 0 Å². The van der Waals surface area contributed by atoms with Gasteiger partial charge in [-0.25, -0.2) is 0 Å². The molecule has 1 aromatic carbocycles. The molecule has 0 bridgehead atoms. The maximum atomic E-state index is 8.92. The molecular weight excluding hydrogens is 247 g/mol. The van der Waals surface area contributed by atoms with Crippen LogP contribution in [0.2, 0.25) is 10.0 Å². The number of hydrogen-bond acceptors (Lipinski definition) is 2. The van der Waals surface area contributed by atoms with Gasteiger partial charge in [-0.1, -0.05) is 35.3 Å². The van der Waals surface area contributed by atoms with Crippen molar-refractivity contribution in [3.63, 3.8) is 0 Å². The van der Waals surface area contributed by atoms with Crippen LogP contribution in [0.15, 0.2) is 30.6 Å². The Hall–Kier alpha value is -1.03. The Balaban J connectivity index is 2.23. The van der Waals surface area contributed by atoms with Crippen molar-refractivity contribution in [2.24, 2.45) is 0 Å². The lowest BCUT2D eigenvalue weighted by atomic mass is 10.2. The van der Waals surface area contributed by atoms with E-state index in [9.17, 15) is 0 Å². The normalized spacial score (nSPS) is 10.7. The number of hydrogen-bond donors (Lipinski definition) is 1. The fourth-order valence-corrected chi connectivity index (χ4v) is 1.80. The van der Waals surface area contributed by atoms with Crippen molar-refractivity contribution < 1.29 is 5.11 Å². The molecule has 2 rings (SSSR count). The molecular formula is C11H10Cl2N2O. The second-order valence-corrected chi connectivity index (χ2v) is 4.20. The van der Waals surface area contributed by atoms with Crippen LogP contribution in [0.4, 0.5) is 0 Å². The molecule has 0 radical (unpaired) electrons. The Kier molecular flexibility index (Phi) is 3.49. The number of halogens is 2. The second-order valence-electron chi connectivity index (χ2n) is 3.42. The first-order valence-electron chi connectivity index (χ1n) is 4.76. The van der Waals surface area contributed by atoms with Crippen molar-refractivity contribution >= 4 is 23.2 Å². The fourth-order valence-electron chi connectivity index (χ4n) is 1.42. The van der Waals surface area contributed by atoms with E-state index in [2.05, 4.69) is 5.10 Å². The van der Waals surface area contributed by atoms with Crippen LogP contribution < -0.4 is 0 Å². The van der Waals surface area contributed by atoms with Gasteiger partial charge in [0.1, 0.15) is 0 Å². The fraction of sp³-hybridized carbons (Fsp3) is 0.182. The summed E-state index contributed by atoms with van der Waals surface area (Å²) in [5.41, 5.74) is 1.68. The van der Waals surface area contributed by atoms with Gasteiger partial charge in [-0.2, -0.15) is 5.10 Å². The lowest BCUT2D eigenvalue weighted by molar-refractivity contribution is 0.281. The standard InChI is InChI=1S/C11H10Cl2N2O/c12-10-3-1-2-9(11(10)13)6-15-5-8(7-16)4-14-15/h1-5,16H,6-7H2. The first kappa shape index (κ1) is 11.5. The number of benzene rings is 1. The Labute approximate surface area is 103 Å². The number of aromatic nitrogens is 2. The van der Waals surface area contributed by atoms with E-state index in [1.54, 1.807) is 23.1 Å². The number of aliphatic hydroxyl groups excluding tert-OH is 1. The zero-order chi connectivity index (χ0) is 11.5. The molecule has 2 aromatic rings. The quantitative estimate of drug-likeness (QED) is 0.918. The van der Waals surface area contributed by atoms with Gasteiger partial charge in [0.2, 0.25) is 0 Å². The molecule has 0 aliphatic heterocycles. The minimum Gasteiger partial charge on any atom is -0.392 e. The van der Waals surface area contributed by atoms with E-state index in [0.717, 1.165) is 11.1 Å². The summed E-state index contributed by atoms with van der Waals surface area (Å²) in [6.07, 6.45) is 3.40. The van der Waals surface area contributed by atoms with Crippen LogP contribution in [0, 0.1) is 0 Å². The molecule has 0 fully saturated rings. The first-order chi connectivity index (χ1) is 7.70. The minimum absolute atomic E-state index is 0.0106. The predicted octanol–water partition coefficient (Wildman–Crippen LogP) is 2.73. The Morgan fingerprint density at radius 3 is 2.81 bits per heavy atom. The topological polar surface area (TPSA) is 38.1 Å². The van der Waals surface area contributed by atoms with Crippen molar-refractivity contribution in [2.75, 3.05) is 0 Å². The van der Waals surface area contributed by atoms with Crippen molar-refractivity contribution in [1.29, 1.82) is 0 Å². The molecule has 0 saturated heterocycles. The molecule has 1 N–H and O–H groups in total. The molecule has 0 saturated carbocycles. The van der Waals surface area contributed by atoms with Crippen LogP contribution in [0.1, 0.15) is 11.1 Å². The van der Waals surface area contributed by atoms with Crippen LogP contribution in [0.3, 0.4) is 0 Å².